The Balaban J connectivity index is 1.48. The maximum absolute atomic E-state index is 12.2. The number of methoxy groups -OCH3 is 1. The summed E-state index contributed by atoms with van der Waals surface area (Å²) in [5.41, 5.74) is 1.27. The van der Waals surface area contributed by atoms with Gasteiger partial charge in [0.15, 0.2) is 6.10 Å². The van der Waals surface area contributed by atoms with Crippen LogP contribution in [0.5, 0.6) is 17.2 Å². The molecule has 2 aromatic carbocycles. The van der Waals surface area contributed by atoms with Gasteiger partial charge in [-0.2, -0.15) is 0 Å². The van der Waals surface area contributed by atoms with Crippen LogP contribution in [0, 0.1) is 0 Å². The van der Waals surface area contributed by atoms with Gasteiger partial charge in [-0.15, -0.1) is 0 Å². The largest absolute Gasteiger partial charge is 0.497 e. The first-order valence-electron chi connectivity index (χ1n) is 9.13. The minimum absolute atomic E-state index is 0.114. The van der Waals surface area contributed by atoms with Crippen LogP contribution in [0.3, 0.4) is 0 Å². The molecule has 1 unspecified atom stereocenters. The van der Waals surface area contributed by atoms with E-state index in [1.54, 1.807) is 44.2 Å². The quantitative estimate of drug-likeness (QED) is 0.742. The van der Waals surface area contributed by atoms with Crippen molar-refractivity contribution in [3.8, 4) is 17.2 Å². The molecule has 148 valence electrons. The number of carbonyl (C=O) groups excluding carboxylic acids is 2. The molecule has 0 saturated heterocycles. The molecule has 0 aliphatic carbocycles. The molecule has 0 fully saturated rings. The molecule has 1 N–H and O–H groups in total. The Bertz CT molecular complexity index is 850. The molecule has 3 rings (SSSR count). The zero-order chi connectivity index (χ0) is 20.1. The standard InChI is InChI=1S/C21H24N2O5/c1-14-21(25)23(2)18-13-15(6-11-19(18)28-14)22-20(24)5-4-12-27-17-9-7-16(26-3)8-10-17/h6-11,13-14H,4-5,12H2,1-3H3,(H,22,24). The van der Waals surface area contributed by atoms with Crippen LogP contribution < -0.4 is 24.4 Å². The third kappa shape index (κ3) is 4.54. The minimum atomic E-state index is -0.511. The zero-order valence-corrected chi connectivity index (χ0v) is 16.2. The summed E-state index contributed by atoms with van der Waals surface area (Å²) in [5.74, 6) is 1.89. The van der Waals surface area contributed by atoms with Gasteiger partial charge in [-0.05, 0) is 55.8 Å². The van der Waals surface area contributed by atoms with Gasteiger partial charge in [0.25, 0.3) is 5.91 Å². The van der Waals surface area contributed by atoms with Crippen LogP contribution in [0.1, 0.15) is 19.8 Å². The lowest BCUT2D eigenvalue weighted by Crippen LogP contribution is -2.41. The molecule has 1 atom stereocenters. The second kappa shape index (κ2) is 8.65. The lowest BCUT2D eigenvalue weighted by atomic mass is 10.1. The van der Waals surface area contributed by atoms with E-state index in [2.05, 4.69) is 5.32 Å². The van der Waals surface area contributed by atoms with E-state index < -0.39 is 6.10 Å². The Morgan fingerprint density at radius 3 is 2.61 bits per heavy atom. The highest BCUT2D eigenvalue weighted by Crippen LogP contribution is 2.35. The lowest BCUT2D eigenvalue weighted by Gasteiger charge is -2.30. The van der Waals surface area contributed by atoms with Crippen molar-refractivity contribution in [3.63, 3.8) is 0 Å². The van der Waals surface area contributed by atoms with Crippen molar-refractivity contribution in [1.82, 2.24) is 0 Å². The first-order chi connectivity index (χ1) is 13.5. The molecule has 1 aliphatic rings. The summed E-state index contributed by atoms with van der Waals surface area (Å²) >= 11 is 0. The molecule has 7 heteroatoms. The second-order valence-corrected chi connectivity index (χ2v) is 6.52. The van der Waals surface area contributed by atoms with Gasteiger partial charge in [0, 0.05) is 19.2 Å². The molecular formula is C21H24N2O5. The summed E-state index contributed by atoms with van der Waals surface area (Å²) < 4.78 is 16.3. The van der Waals surface area contributed by atoms with Gasteiger partial charge in [0.05, 0.1) is 19.4 Å². The lowest BCUT2D eigenvalue weighted by molar-refractivity contribution is -0.125. The molecule has 0 spiro atoms. The van der Waals surface area contributed by atoms with E-state index in [9.17, 15) is 9.59 Å². The fourth-order valence-corrected chi connectivity index (χ4v) is 2.91. The van der Waals surface area contributed by atoms with Crippen LogP contribution in [-0.2, 0) is 9.59 Å². The van der Waals surface area contributed by atoms with E-state index in [1.165, 1.54) is 0 Å². The first-order valence-corrected chi connectivity index (χ1v) is 9.13. The number of hydrogen-bond donors (Lipinski definition) is 1. The van der Waals surface area contributed by atoms with Crippen LogP contribution in [0.25, 0.3) is 0 Å². The van der Waals surface area contributed by atoms with Crippen molar-refractivity contribution in [2.24, 2.45) is 0 Å². The predicted octanol–water partition coefficient (Wildman–Crippen LogP) is 3.24. The number of likely N-dealkylation sites (N-methyl/N-ethyl adjacent to an activating group) is 1. The van der Waals surface area contributed by atoms with Crippen molar-refractivity contribution in [2.75, 3.05) is 31.0 Å². The van der Waals surface area contributed by atoms with Crippen molar-refractivity contribution >= 4 is 23.2 Å². The van der Waals surface area contributed by atoms with Gasteiger partial charge in [-0.25, -0.2) is 0 Å². The number of hydrogen-bond acceptors (Lipinski definition) is 5. The van der Waals surface area contributed by atoms with E-state index >= 15 is 0 Å². The Labute approximate surface area is 164 Å². The van der Waals surface area contributed by atoms with Gasteiger partial charge in [-0.1, -0.05) is 0 Å². The summed E-state index contributed by atoms with van der Waals surface area (Å²) in [5, 5.41) is 2.85. The maximum atomic E-state index is 12.2. The van der Waals surface area contributed by atoms with Crippen molar-refractivity contribution in [3.05, 3.63) is 42.5 Å². The van der Waals surface area contributed by atoms with Crippen LogP contribution >= 0.6 is 0 Å². The number of anilines is 2. The monoisotopic (exact) mass is 384 g/mol. The molecule has 0 bridgehead atoms. The highest BCUT2D eigenvalue weighted by Gasteiger charge is 2.29. The van der Waals surface area contributed by atoms with E-state index in [-0.39, 0.29) is 11.8 Å². The summed E-state index contributed by atoms with van der Waals surface area (Å²) in [6, 6.07) is 12.6. The van der Waals surface area contributed by atoms with Gasteiger partial charge < -0.3 is 24.4 Å². The third-order valence-corrected chi connectivity index (χ3v) is 4.46. The maximum Gasteiger partial charge on any atom is 0.267 e. The van der Waals surface area contributed by atoms with Crippen LogP contribution in [0.15, 0.2) is 42.5 Å². The topological polar surface area (TPSA) is 77.1 Å². The SMILES string of the molecule is COc1ccc(OCCCC(=O)Nc2ccc3c(c2)N(C)C(=O)C(C)O3)cc1. The Morgan fingerprint density at radius 1 is 1.18 bits per heavy atom. The van der Waals surface area contributed by atoms with Crippen molar-refractivity contribution in [2.45, 2.75) is 25.9 Å². The number of fused-ring (bicyclic) bond motifs is 1. The molecule has 0 radical (unpaired) electrons. The van der Waals surface area contributed by atoms with E-state index in [0.29, 0.717) is 36.6 Å². The molecule has 0 saturated carbocycles. The summed E-state index contributed by atoms with van der Waals surface area (Å²) in [7, 11) is 3.31. The molecule has 1 heterocycles. The van der Waals surface area contributed by atoms with E-state index in [4.69, 9.17) is 14.2 Å². The van der Waals surface area contributed by atoms with Crippen LogP contribution in [0.2, 0.25) is 0 Å². The first kappa shape index (κ1) is 19.5. The third-order valence-electron chi connectivity index (χ3n) is 4.46. The number of benzene rings is 2. The highest BCUT2D eigenvalue weighted by molar-refractivity contribution is 6.00. The van der Waals surface area contributed by atoms with Gasteiger partial charge >= 0.3 is 0 Å². The van der Waals surface area contributed by atoms with Crippen LogP contribution in [0.4, 0.5) is 11.4 Å². The smallest absolute Gasteiger partial charge is 0.267 e. The number of carbonyl (C=O) groups is 2. The number of amides is 2. The zero-order valence-electron chi connectivity index (χ0n) is 16.2. The Hall–Kier alpha value is -3.22. The molecule has 28 heavy (non-hydrogen) atoms. The normalized spacial score (nSPS) is 15.5. The van der Waals surface area contributed by atoms with E-state index in [0.717, 1.165) is 11.5 Å². The molecule has 7 nitrogen and oxygen atoms in total. The van der Waals surface area contributed by atoms with Crippen molar-refractivity contribution < 1.29 is 23.8 Å². The molecule has 2 amide bonds. The van der Waals surface area contributed by atoms with E-state index in [1.807, 2.05) is 24.3 Å². The van der Waals surface area contributed by atoms with Gasteiger partial charge in [-0.3, -0.25) is 9.59 Å². The molecule has 0 aromatic heterocycles. The van der Waals surface area contributed by atoms with Gasteiger partial charge in [0.1, 0.15) is 17.2 Å². The summed E-state index contributed by atoms with van der Waals surface area (Å²) in [4.78, 5) is 25.8. The second-order valence-electron chi connectivity index (χ2n) is 6.52. The minimum Gasteiger partial charge on any atom is -0.497 e. The number of nitrogens with one attached hydrogen (secondary N) is 1. The highest BCUT2D eigenvalue weighted by atomic mass is 16.5. The summed E-state index contributed by atoms with van der Waals surface area (Å²) in [6.07, 6.45) is 0.404. The fraction of sp³-hybridized carbons (Fsp3) is 0.333. The number of nitrogens with zero attached hydrogens (tertiary/aromatic N) is 1. The number of rotatable bonds is 7. The fourth-order valence-electron chi connectivity index (χ4n) is 2.91. The van der Waals surface area contributed by atoms with Crippen molar-refractivity contribution in [1.29, 1.82) is 0 Å². The molecule has 1 aliphatic heterocycles. The summed E-state index contributed by atoms with van der Waals surface area (Å²) in [6.45, 7) is 2.15. The average molecular weight is 384 g/mol. The van der Waals surface area contributed by atoms with Gasteiger partial charge in [0.2, 0.25) is 5.91 Å². The average Bonchev–Trinajstić information content (AvgIpc) is 2.70. The molecular weight excluding hydrogens is 360 g/mol. The number of ether oxygens (including phenoxy) is 3. The Morgan fingerprint density at radius 2 is 1.89 bits per heavy atom. The van der Waals surface area contributed by atoms with Crippen LogP contribution in [-0.4, -0.2) is 38.7 Å². The predicted molar refractivity (Wildman–Crippen MR) is 106 cm³/mol. The Kier molecular flexibility index (Phi) is 6.03. The molecule has 2 aromatic rings.